The quantitative estimate of drug-likeness (QED) is 0.710. The molecule has 0 saturated heterocycles. The van der Waals surface area contributed by atoms with Crippen molar-refractivity contribution in [3.05, 3.63) is 53.8 Å². The maximum Gasteiger partial charge on any atom is 0.387 e. The van der Waals surface area contributed by atoms with Crippen molar-refractivity contribution in [3.8, 4) is 11.5 Å². The van der Waals surface area contributed by atoms with Crippen molar-refractivity contribution in [2.45, 2.75) is 12.7 Å². The highest BCUT2D eigenvalue weighted by Crippen LogP contribution is 2.24. The fourth-order valence-corrected chi connectivity index (χ4v) is 2.58. The number of nitrogens with zero attached hydrogens (tertiary/aromatic N) is 1. The van der Waals surface area contributed by atoms with Gasteiger partial charge in [-0.15, -0.1) is 0 Å². The molecule has 0 radical (unpaired) electrons. The molecule has 0 aliphatic carbocycles. The Hall–Kier alpha value is -2.94. The number of urea groups is 1. The molecule has 0 aliphatic heterocycles. The molecule has 152 valence electrons. The molecule has 0 aromatic heterocycles. The molecule has 2 rings (SSSR count). The minimum atomic E-state index is -3.13. The van der Waals surface area contributed by atoms with Crippen LogP contribution in [-0.2, 0) is 0 Å². The number of hydrogen-bond donors (Lipinski definition) is 2. The Balaban J connectivity index is 1.98. The number of benzene rings is 2. The lowest BCUT2D eigenvalue weighted by Gasteiger charge is -2.25. The Kier molecular flexibility index (Phi) is 7.51. The molecule has 2 N–H and O–H groups in total. The van der Waals surface area contributed by atoms with E-state index in [2.05, 4.69) is 15.4 Å². The average Bonchev–Trinajstić information content (AvgIpc) is 2.63. The third-order valence-corrected chi connectivity index (χ3v) is 3.96. The van der Waals surface area contributed by atoms with Crippen LogP contribution in [0.15, 0.2) is 42.5 Å². The van der Waals surface area contributed by atoms with Crippen LogP contribution >= 0.6 is 0 Å². The molecule has 0 saturated carbocycles. The SMILES string of the molecule is COc1cccc(C(CNC(=O)Nc2ccc(OC(F)F)c(F)c2)N(C)C)c1. The van der Waals surface area contributed by atoms with E-state index >= 15 is 0 Å². The second kappa shape index (κ2) is 9.84. The smallest absolute Gasteiger partial charge is 0.387 e. The van der Waals surface area contributed by atoms with Gasteiger partial charge in [-0.25, -0.2) is 9.18 Å². The van der Waals surface area contributed by atoms with Gasteiger partial charge in [0.2, 0.25) is 0 Å². The lowest BCUT2D eigenvalue weighted by atomic mass is 10.1. The molecule has 0 heterocycles. The standard InChI is InChI=1S/C19H22F3N3O3/c1-25(2)16(12-5-4-6-14(9-12)27-3)11-23-19(26)24-13-7-8-17(15(20)10-13)28-18(21)22/h4-10,16,18H,11H2,1-3H3,(H2,23,24,26). The Morgan fingerprint density at radius 2 is 1.93 bits per heavy atom. The van der Waals surface area contributed by atoms with Crippen LogP contribution in [0.25, 0.3) is 0 Å². The predicted octanol–water partition coefficient (Wildman–Crippen LogP) is 3.86. The number of nitrogens with one attached hydrogen (secondary N) is 2. The van der Waals surface area contributed by atoms with Crippen LogP contribution in [0.4, 0.5) is 23.7 Å². The molecule has 0 fully saturated rings. The number of amides is 2. The number of alkyl halides is 2. The highest BCUT2D eigenvalue weighted by molar-refractivity contribution is 5.89. The van der Waals surface area contributed by atoms with Crippen molar-refractivity contribution in [1.29, 1.82) is 0 Å². The van der Waals surface area contributed by atoms with E-state index in [1.807, 2.05) is 43.3 Å². The molecule has 9 heteroatoms. The van der Waals surface area contributed by atoms with Crippen molar-refractivity contribution in [1.82, 2.24) is 10.2 Å². The second-order valence-corrected chi connectivity index (χ2v) is 6.11. The van der Waals surface area contributed by atoms with Crippen LogP contribution < -0.4 is 20.1 Å². The summed E-state index contributed by atoms with van der Waals surface area (Å²) < 4.78 is 47.3. The van der Waals surface area contributed by atoms with Gasteiger partial charge in [-0.1, -0.05) is 12.1 Å². The summed E-state index contributed by atoms with van der Waals surface area (Å²) in [6.45, 7) is -2.85. The van der Waals surface area contributed by atoms with E-state index in [1.54, 1.807) is 7.11 Å². The zero-order valence-electron chi connectivity index (χ0n) is 15.7. The number of methoxy groups -OCH3 is 1. The molecule has 2 amide bonds. The molecule has 2 aromatic rings. The molecule has 1 atom stereocenters. The first-order valence-corrected chi connectivity index (χ1v) is 8.39. The number of anilines is 1. The lowest BCUT2D eigenvalue weighted by Crippen LogP contribution is -2.36. The summed E-state index contributed by atoms with van der Waals surface area (Å²) in [5.74, 6) is -0.886. The largest absolute Gasteiger partial charge is 0.497 e. The van der Waals surface area contributed by atoms with Gasteiger partial charge >= 0.3 is 12.6 Å². The van der Waals surface area contributed by atoms with Crippen LogP contribution in [0.3, 0.4) is 0 Å². The van der Waals surface area contributed by atoms with Gasteiger partial charge in [0.1, 0.15) is 5.75 Å². The number of ether oxygens (including phenoxy) is 2. The Labute approximate surface area is 161 Å². The summed E-state index contributed by atoms with van der Waals surface area (Å²) in [5.41, 5.74) is 1.06. The highest BCUT2D eigenvalue weighted by Gasteiger charge is 2.16. The zero-order valence-corrected chi connectivity index (χ0v) is 15.7. The normalized spacial score (nSPS) is 12.0. The summed E-state index contributed by atoms with van der Waals surface area (Å²) in [4.78, 5) is 14.1. The molecule has 0 aliphatic rings. The number of likely N-dealkylation sites (N-methyl/N-ethyl adjacent to an activating group) is 1. The minimum Gasteiger partial charge on any atom is -0.497 e. The lowest BCUT2D eigenvalue weighted by molar-refractivity contribution is -0.0521. The number of rotatable bonds is 8. The summed E-state index contributed by atoms with van der Waals surface area (Å²) in [7, 11) is 5.33. The summed E-state index contributed by atoms with van der Waals surface area (Å²) in [6.07, 6.45) is 0. The zero-order chi connectivity index (χ0) is 20.7. The molecular weight excluding hydrogens is 375 g/mol. The number of halogens is 3. The Morgan fingerprint density at radius 1 is 1.18 bits per heavy atom. The van der Waals surface area contributed by atoms with Crippen molar-refractivity contribution in [2.24, 2.45) is 0 Å². The first-order valence-electron chi connectivity index (χ1n) is 8.39. The molecule has 1 unspecified atom stereocenters. The van der Waals surface area contributed by atoms with Gasteiger partial charge in [0.15, 0.2) is 11.6 Å². The highest BCUT2D eigenvalue weighted by atomic mass is 19.3. The average molecular weight is 397 g/mol. The topological polar surface area (TPSA) is 62.8 Å². The fraction of sp³-hybridized carbons (Fsp3) is 0.316. The van der Waals surface area contributed by atoms with Gasteiger partial charge in [-0.2, -0.15) is 8.78 Å². The Morgan fingerprint density at radius 3 is 2.54 bits per heavy atom. The number of hydrogen-bond acceptors (Lipinski definition) is 4. The van der Waals surface area contributed by atoms with Crippen molar-refractivity contribution >= 4 is 11.7 Å². The second-order valence-electron chi connectivity index (χ2n) is 6.11. The van der Waals surface area contributed by atoms with Crippen LogP contribution in [0.2, 0.25) is 0 Å². The summed E-state index contributed by atoms with van der Waals surface area (Å²) in [6, 6.07) is 10.00. The first kappa shape index (κ1) is 21.4. The van der Waals surface area contributed by atoms with E-state index in [1.165, 1.54) is 6.07 Å². The van der Waals surface area contributed by atoms with Gasteiger partial charge in [-0.3, -0.25) is 0 Å². The number of carbonyl (C=O) groups excluding carboxylic acids is 1. The summed E-state index contributed by atoms with van der Waals surface area (Å²) in [5, 5.41) is 5.16. The van der Waals surface area contributed by atoms with E-state index in [0.29, 0.717) is 5.75 Å². The van der Waals surface area contributed by atoms with E-state index in [9.17, 15) is 18.0 Å². The van der Waals surface area contributed by atoms with Crippen LogP contribution in [0.1, 0.15) is 11.6 Å². The number of carbonyl (C=O) groups is 1. The van der Waals surface area contributed by atoms with Gasteiger partial charge in [-0.05, 0) is 43.9 Å². The van der Waals surface area contributed by atoms with E-state index < -0.39 is 24.2 Å². The van der Waals surface area contributed by atoms with E-state index in [4.69, 9.17) is 4.74 Å². The van der Waals surface area contributed by atoms with Gasteiger partial charge < -0.3 is 25.0 Å². The summed E-state index contributed by atoms with van der Waals surface area (Å²) >= 11 is 0. The monoisotopic (exact) mass is 397 g/mol. The van der Waals surface area contributed by atoms with Gasteiger partial charge in [0.05, 0.1) is 13.2 Å². The molecule has 2 aromatic carbocycles. The van der Waals surface area contributed by atoms with Crippen LogP contribution in [0, 0.1) is 5.82 Å². The van der Waals surface area contributed by atoms with Crippen molar-refractivity contribution in [3.63, 3.8) is 0 Å². The predicted molar refractivity (Wildman–Crippen MR) is 99.5 cm³/mol. The van der Waals surface area contributed by atoms with Crippen molar-refractivity contribution in [2.75, 3.05) is 33.1 Å². The van der Waals surface area contributed by atoms with Crippen LogP contribution in [-0.4, -0.2) is 45.3 Å². The third kappa shape index (κ3) is 6.05. The van der Waals surface area contributed by atoms with E-state index in [0.717, 1.165) is 17.7 Å². The molecular formula is C19H22F3N3O3. The van der Waals surface area contributed by atoms with Gasteiger partial charge in [0, 0.05) is 18.3 Å². The van der Waals surface area contributed by atoms with Gasteiger partial charge in [0.25, 0.3) is 0 Å². The van der Waals surface area contributed by atoms with E-state index in [-0.39, 0.29) is 18.3 Å². The molecule has 6 nitrogen and oxygen atoms in total. The molecule has 28 heavy (non-hydrogen) atoms. The maximum absolute atomic E-state index is 13.7. The Bertz CT molecular complexity index is 803. The first-order chi connectivity index (χ1) is 13.3. The van der Waals surface area contributed by atoms with Crippen molar-refractivity contribution < 1.29 is 27.4 Å². The van der Waals surface area contributed by atoms with Crippen LogP contribution in [0.5, 0.6) is 11.5 Å². The molecule has 0 spiro atoms. The molecule has 0 bridgehead atoms. The maximum atomic E-state index is 13.7. The minimum absolute atomic E-state index is 0.111. The third-order valence-electron chi connectivity index (χ3n) is 3.96. The fourth-order valence-electron chi connectivity index (χ4n) is 2.58.